The highest BCUT2D eigenvalue weighted by atomic mass is 32.2. The molecule has 0 radical (unpaired) electrons. The molecule has 0 aromatic carbocycles. The predicted molar refractivity (Wildman–Crippen MR) is 84.7 cm³/mol. The molecule has 2 N–H and O–H groups in total. The van der Waals surface area contributed by atoms with E-state index in [4.69, 9.17) is 0 Å². The van der Waals surface area contributed by atoms with E-state index >= 15 is 0 Å². The first-order chi connectivity index (χ1) is 9.27. The molecule has 0 aromatic rings. The van der Waals surface area contributed by atoms with Crippen LogP contribution in [0.4, 0.5) is 0 Å². The van der Waals surface area contributed by atoms with Gasteiger partial charge in [-0.25, -0.2) is 0 Å². The number of carbonyl (C=O) groups is 1. The second-order valence-corrected chi connectivity index (χ2v) is 6.49. The third kappa shape index (κ3) is 7.21. The smallest absolute Gasteiger partial charge is 0.237 e. The minimum absolute atomic E-state index is 0.0511. The fourth-order valence-corrected chi connectivity index (χ4v) is 3.12. The molecular weight excluding hydrogens is 256 g/mol. The molecule has 1 heterocycles. The molecular formula is C15H30N2OS. The monoisotopic (exact) mass is 286 g/mol. The van der Waals surface area contributed by atoms with E-state index in [2.05, 4.69) is 23.8 Å². The van der Waals surface area contributed by atoms with Gasteiger partial charge in [0.05, 0.1) is 6.04 Å². The van der Waals surface area contributed by atoms with Crippen LogP contribution < -0.4 is 10.6 Å². The number of rotatable bonds is 9. The van der Waals surface area contributed by atoms with Crippen molar-refractivity contribution in [3.05, 3.63) is 0 Å². The number of hydrogen-bond acceptors (Lipinski definition) is 3. The van der Waals surface area contributed by atoms with Gasteiger partial charge in [-0.3, -0.25) is 4.79 Å². The molecule has 2 unspecified atom stereocenters. The molecule has 1 amide bonds. The lowest BCUT2D eigenvalue weighted by Crippen LogP contribution is -2.48. The van der Waals surface area contributed by atoms with Gasteiger partial charge in [0.1, 0.15) is 0 Å². The summed E-state index contributed by atoms with van der Waals surface area (Å²) >= 11 is 1.91. The molecule has 0 aromatic heterocycles. The molecule has 0 spiro atoms. The molecule has 19 heavy (non-hydrogen) atoms. The minimum Gasteiger partial charge on any atom is -0.355 e. The van der Waals surface area contributed by atoms with Crippen LogP contribution in [-0.2, 0) is 4.79 Å². The fraction of sp³-hybridized carbons (Fsp3) is 0.933. The molecule has 1 aliphatic heterocycles. The third-order valence-electron chi connectivity index (χ3n) is 3.98. The van der Waals surface area contributed by atoms with Gasteiger partial charge in [-0.15, -0.1) is 0 Å². The Hall–Kier alpha value is -0.220. The Bertz CT molecular complexity index is 248. The lowest BCUT2D eigenvalue weighted by atomic mass is 9.90. The van der Waals surface area contributed by atoms with Crippen LogP contribution in [0.25, 0.3) is 0 Å². The van der Waals surface area contributed by atoms with Gasteiger partial charge >= 0.3 is 0 Å². The van der Waals surface area contributed by atoms with E-state index in [1.165, 1.54) is 37.9 Å². The summed E-state index contributed by atoms with van der Waals surface area (Å²) in [5.74, 6) is 2.20. The molecule has 1 saturated heterocycles. The topological polar surface area (TPSA) is 41.1 Å². The van der Waals surface area contributed by atoms with Crippen LogP contribution in [0, 0.1) is 5.92 Å². The van der Waals surface area contributed by atoms with Crippen LogP contribution in [0.5, 0.6) is 0 Å². The van der Waals surface area contributed by atoms with E-state index in [0.29, 0.717) is 0 Å². The number of carbonyl (C=O) groups excluding carboxylic acids is 1. The Morgan fingerprint density at radius 3 is 2.84 bits per heavy atom. The summed E-state index contributed by atoms with van der Waals surface area (Å²) in [6.45, 7) is 4.05. The van der Waals surface area contributed by atoms with E-state index in [1.54, 1.807) is 0 Å². The summed E-state index contributed by atoms with van der Waals surface area (Å²) in [5.41, 5.74) is 0. The predicted octanol–water partition coefficient (Wildman–Crippen LogP) is 2.80. The maximum absolute atomic E-state index is 12.0. The highest BCUT2D eigenvalue weighted by Gasteiger charge is 2.25. The van der Waals surface area contributed by atoms with Crippen LogP contribution in [0.1, 0.15) is 51.9 Å². The molecule has 0 aliphatic carbocycles. The molecule has 1 aliphatic rings. The standard InChI is InChI=1S/C15H30N2OS/c1-3-13-8-10-16-14(12-13)15(18)17-9-6-4-5-7-11-19-2/h13-14,16H,3-12H2,1-2H3,(H,17,18). The highest BCUT2D eigenvalue weighted by Crippen LogP contribution is 2.19. The first-order valence-electron chi connectivity index (χ1n) is 7.78. The van der Waals surface area contributed by atoms with Gasteiger partial charge in [0.2, 0.25) is 5.91 Å². The SMILES string of the molecule is CCC1CCNC(C(=O)NCCCCCCSC)C1. The van der Waals surface area contributed by atoms with Crippen molar-refractivity contribution in [2.75, 3.05) is 25.1 Å². The molecule has 3 nitrogen and oxygen atoms in total. The van der Waals surface area contributed by atoms with Crippen LogP contribution in [0.15, 0.2) is 0 Å². The quantitative estimate of drug-likeness (QED) is 0.640. The lowest BCUT2D eigenvalue weighted by molar-refractivity contribution is -0.124. The van der Waals surface area contributed by atoms with Crippen molar-refractivity contribution in [2.45, 2.75) is 57.9 Å². The maximum Gasteiger partial charge on any atom is 0.237 e. The third-order valence-corrected chi connectivity index (χ3v) is 4.68. The first-order valence-corrected chi connectivity index (χ1v) is 9.17. The number of amides is 1. The minimum atomic E-state index is 0.0511. The second kappa shape index (κ2) is 10.6. The van der Waals surface area contributed by atoms with Gasteiger partial charge in [-0.2, -0.15) is 11.8 Å². The van der Waals surface area contributed by atoms with Crippen molar-refractivity contribution in [3.63, 3.8) is 0 Å². The number of hydrogen-bond donors (Lipinski definition) is 2. The normalized spacial score (nSPS) is 23.3. The van der Waals surface area contributed by atoms with Crippen molar-refractivity contribution < 1.29 is 4.79 Å². The summed E-state index contributed by atoms with van der Waals surface area (Å²) in [6, 6.07) is 0.0511. The van der Waals surface area contributed by atoms with E-state index in [9.17, 15) is 4.79 Å². The molecule has 1 rings (SSSR count). The van der Waals surface area contributed by atoms with Crippen molar-refractivity contribution in [2.24, 2.45) is 5.92 Å². The van der Waals surface area contributed by atoms with Gasteiger partial charge in [0.15, 0.2) is 0 Å². The van der Waals surface area contributed by atoms with E-state index in [-0.39, 0.29) is 11.9 Å². The van der Waals surface area contributed by atoms with Crippen LogP contribution in [0.2, 0.25) is 0 Å². The summed E-state index contributed by atoms with van der Waals surface area (Å²) in [5, 5.41) is 6.42. The zero-order valence-corrected chi connectivity index (χ0v) is 13.4. The van der Waals surface area contributed by atoms with Gasteiger partial charge in [0.25, 0.3) is 0 Å². The number of thioether (sulfide) groups is 1. The van der Waals surface area contributed by atoms with E-state index < -0.39 is 0 Å². The van der Waals surface area contributed by atoms with Crippen LogP contribution in [-0.4, -0.2) is 37.0 Å². The Labute approximate surface area is 122 Å². The molecule has 0 bridgehead atoms. The molecule has 4 heteroatoms. The van der Waals surface area contributed by atoms with Crippen molar-refractivity contribution in [3.8, 4) is 0 Å². The molecule has 2 atom stereocenters. The second-order valence-electron chi connectivity index (χ2n) is 5.50. The Morgan fingerprint density at radius 1 is 1.32 bits per heavy atom. The maximum atomic E-state index is 12.0. The van der Waals surface area contributed by atoms with Crippen molar-refractivity contribution >= 4 is 17.7 Å². The number of piperidine rings is 1. The van der Waals surface area contributed by atoms with Crippen molar-refractivity contribution in [1.29, 1.82) is 0 Å². The zero-order valence-electron chi connectivity index (χ0n) is 12.5. The largest absolute Gasteiger partial charge is 0.355 e. The fourth-order valence-electron chi connectivity index (χ4n) is 2.63. The summed E-state index contributed by atoms with van der Waals surface area (Å²) < 4.78 is 0. The first kappa shape index (κ1) is 16.8. The molecule has 0 saturated carbocycles. The Balaban J connectivity index is 2.04. The van der Waals surface area contributed by atoms with Crippen LogP contribution >= 0.6 is 11.8 Å². The lowest BCUT2D eigenvalue weighted by Gasteiger charge is -2.28. The Morgan fingerprint density at radius 2 is 2.11 bits per heavy atom. The summed E-state index contributed by atoms with van der Waals surface area (Å²) in [6.07, 6.45) is 10.5. The van der Waals surface area contributed by atoms with E-state index in [1.807, 2.05) is 11.8 Å². The zero-order chi connectivity index (χ0) is 13.9. The van der Waals surface area contributed by atoms with Gasteiger partial charge in [-0.1, -0.05) is 26.2 Å². The molecule has 1 fully saturated rings. The molecule has 112 valence electrons. The van der Waals surface area contributed by atoms with Crippen molar-refractivity contribution in [1.82, 2.24) is 10.6 Å². The van der Waals surface area contributed by atoms with Gasteiger partial charge in [-0.05, 0) is 50.2 Å². The average molecular weight is 286 g/mol. The number of nitrogens with one attached hydrogen (secondary N) is 2. The average Bonchev–Trinajstić information content (AvgIpc) is 2.46. The summed E-state index contributed by atoms with van der Waals surface area (Å²) in [7, 11) is 0. The number of unbranched alkanes of at least 4 members (excludes halogenated alkanes) is 3. The van der Waals surface area contributed by atoms with E-state index in [0.717, 1.165) is 31.8 Å². The van der Waals surface area contributed by atoms with Gasteiger partial charge < -0.3 is 10.6 Å². The summed E-state index contributed by atoms with van der Waals surface area (Å²) in [4.78, 5) is 12.0. The van der Waals surface area contributed by atoms with Gasteiger partial charge in [0, 0.05) is 6.54 Å². The van der Waals surface area contributed by atoms with Crippen LogP contribution in [0.3, 0.4) is 0 Å². The highest BCUT2D eigenvalue weighted by molar-refractivity contribution is 7.98. The Kier molecular flexibility index (Phi) is 9.35.